The van der Waals surface area contributed by atoms with Gasteiger partial charge in [-0.2, -0.15) is 5.26 Å². The molecule has 5 heteroatoms. The molecule has 0 aliphatic heterocycles. The Morgan fingerprint density at radius 1 is 1.39 bits per heavy atom. The van der Waals surface area contributed by atoms with Crippen LogP contribution in [0.1, 0.15) is 41.0 Å². The highest BCUT2D eigenvalue weighted by Gasteiger charge is 2.20. The van der Waals surface area contributed by atoms with Crippen LogP contribution in [0.3, 0.4) is 0 Å². The lowest BCUT2D eigenvalue weighted by molar-refractivity contribution is 0.0372. The van der Waals surface area contributed by atoms with E-state index in [0.29, 0.717) is 0 Å². The average Bonchev–Trinajstić information content (AvgIpc) is 2.28. The van der Waals surface area contributed by atoms with Crippen LogP contribution in [-0.2, 0) is 4.74 Å². The first-order valence-corrected chi connectivity index (χ1v) is 5.37. The Balaban J connectivity index is 3.10. The summed E-state index contributed by atoms with van der Waals surface area (Å²) in [6.45, 7) is 3.28. The lowest BCUT2D eigenvalue weighted by Gasteiger charge is -2.09. The molecule has 0 fully saturated rings. The van der Waals surface area contributed by atoms with Gasteiger partial charge in [0, 0.05) is 0 Å². The van der Waals surface area contributed by atoms with Crippen LogP contribution in [-0.4, -0.2) is 17.9 Å². The first-order valence-electron chi connectivity index (χ1n) is 5.37. The molecule has 0 amide bonds. The monoisotopic (exact) mass is 249 g/mol. The van der Waals surface area contributed by atoms with E-state index in [9.17, 15) is 14.0 Å². The Morgan fingerprint density at radius 3 is 2.56 bits per heavy atom. The summed E-state index contributed by atoms with van der Waals surface area (Å²) in [7, 11) is 0. The van der Waals surface area contributed by atoms with Crippen molar-refractivity contribution < 1.29 is 18.7 Å². The third-order valence-electron chi connectivity index (χ3n) is 2.10. The molecule has 18 heavy (non-hydrogen) atoms. The molecular weight excluding hydrogens is 237 g/mol. The maximum Gasteiger partial charge on any atom is 0.341 e. The average molecular weight is 249 g/mol. The Hall–Kier alpha value is -2.22. The van der Waals surface area contributed by atoms with Crippen molar-refractivity contribution in [3.63, 3.8) is 0 Å². The van der Waals surface area contributed by atoms with Gasteiger partial charge in [0.2, 0.25) is 0 Å². The molecule has 0 atom stereocenters. The summed E-state index contributed by atoms with van der Waals surface area (Å²) in [4.78, 5) is 23.0. The van der Waals surface area contributed by atoms with E-state index >= 15 is 0 Å². The van der Waals surface area contributed by atoms with Gasteiger partial charge in [-0.1, -0.05) is 6.07 Å². The highest BCUT2D eigenvalue weighted by molar-refractivity contribution is 6.00. The number of Topliss-reactive ketones (excluding diaryl/α,β-unsaturated/α-hetero) is 1. The number of benzene rings is 1. The van der Waals surface area contributed by atoms with Crippen LogP contribution in [0.4, 0.5) is 4.39 Å². The Morgan fingerprint density at radius 2 is 2.00 bits per heavy atom. The van der Waals surface area contributed by atoms with Gasteiger partial charge in [-0.25, -0.2) is 9.18 Å². The summed E-state index contributed by atoms with van der Waals surface area (Å²) in [5.74, 6) is -2.42. The molecule has 0 bridgehead atoms. The van der Waals surface area contributed by atoms with Gasteiger partial charge in [0.25, 0.3) is 0 Å². The normalized spacial score (nSPS) is 9.94. The molecule has 1 aromatic carbocycles. The fourth-order valence-corrected chi connectivity index (χ4v) is 1.35. The number of hydrogen-bond donors (Lipinski definition) is 0. The van der Waals surface area contributed by atoms with Gasteiger partial charge in [0.05, 0.1) is 29.7 Å². The number of rotatable bonds is 4. The molecule has 1 rings (SSSR count). The zero-order chi connectivity index (χ0) is 13.7. The van der Waals surface area contributed by atoms with Crippen molar-refractivity contribution in [1.29, 1.82) is 5.26 Å². The molecule has 4 nitrogen and oxygen atoms in total. The Bertz CT molecular complexity index is 517. The predicted molar refractivity (Wildman–Crippen MR) is 61.5 cm³/mol. The molecule has 0 spiro atoms. The SMILES string of the molecule is CC(C)OC(=O)c1cccc(C(=O)CC#N)c1F. The lowest BCUT2D eigenvalue weighted by Crippen LogP contribution is -2.15. The predicted octanol–water partition coefficient (Wildman–Crippen LogP) is 2.49. The van der Waals surface area contributed by atoms with Crippen molar-refractivity contribution in [2.45, 2.75) is 26.4 Å². The Labute approximate surface area is 104 Å². The van der Waals surface area contributed by atoms with Crippen molar-refractivity contribution >= 4 is 11.8 Å². The molecule has 0 heterocycles. The number of esters is 1. The zero-order valence-electron chi connectivity index (χ0n) is 10.1. The van der Waals surface area contributed by atoms with Crippen molar-refractivity contribution in [3.05, 3.63) is 35.1 Å². The largest absolute Gasteiger partial charge is 0.459 e. The number of ketones is 1. The molecule has 0 unspecified atom stereocenters. The van der Waals surface area contributed by atoms with Crippen LogP contribution in [0.5, 0.6) is 0 Å². The van der Waals surface area contributed by atoms with Gasteiger partial charge < -0.3 is 4.74 Å². The number of halogens is 1. The van der Waals surface area contributed by atoms with Crippen molar-refractivity contribution in [2.24, 2.45) is 0 Å². The Kier molecular flexibility index (Phi) is 4.55. The second-order valence-electron chi connectivity index (χ2n) is 3.88. The molecular formula is C13H12FNO3. The first-order chi connectivity index (χ1) is 8.47. The van der Waals surface area contributed by atoms with E-state index in [1.165, 1.54) is 18.2 Å². The van der Waals surface area contributed by atoms with E-state index in [1.54, 1.807) is 19.9 Å². The molecule has 0 N–H and O–H groups in total. The van der Waals surface area contributed by atoms with E-state index in [1.807, 2.05) is 0 Å². The maximum atomic E-state index is 13.9. The van der Waals surface area contributed by atoms with Crippen LogP contribution in [0.15, 0.2) is 18.2 Å². The van der Waals surface area contributed by atoms with Crippen LogP contribution in [0.25, 0.3) is 0 Å². The quantitative estimate of drug-likeness (QED) is 0.607. The molecule has 0 saturated heterocycles. The molecule has 1 aromatic rings. The molecule has 94 valence electrons. The standard InChI is InChI=1S/C13H12FNO3/c1-8(2)18-13(17)10-5-3-4-9(12(10)14)11(16)6-7-15/h3-5,8H,6H2,1-2H3. The van der Waals surface area contributed by atoms with Gasteiger partial charge in [0.15, 0.2) is 5.78 Å². The number of nitrogens with zero attached hydrogens (tertiary/aromatic N) is 1. The second-order valence-corrected chi connectivity index (χ2v) is 3.88. The number of carbonyl (C=O) groups is 2. The van der Waals surface area contributed by atoms with Crippen molar-refractivity contribution in [3.8, 4) is 6.07 Å². The number of hydrogen-bond acceptors (Lipinski definition) is 4. The topological polar surface area (TPSA) is 67.2 Å². The summed E-state index contributed by atoms with van der Waals surface area (Å²) >= 11 is 0. The minimum atomic E-state index is -0.941. The minimum absolute atomic E-state index is 0.269. The summed E-state index contributed by atoms with van der Waals surface area (Å²) < 4.78 is 18.8. The number of nitriles is 1. The first kappa shape index (κ1) is 13.8. The maximum absolute atomic E-state index is 13.9. The van der Waals surface area contributed by atoms with Crippen LogP contribution < -0.4 is 0 Å². The van der Waals surface area contributed by atoms with Crippen LogP contribution >= 0.6 is 0 Å². The van der Waals surface area contributed by atoms with Crippen LogP contribution in [0.2, 0.25) is 0 Å². The van der Waals surface area contributed by atoms with Crippen molar-refractivity contribution in [1.82, 2.24) is 0 Å². The smallest absolute Gasteiger partial charge is 0.341 e. The van der Waals surface area contributed by atoms with E-state index in [2.05, 4.69) is 0 Å². The fourth-order valence-electron chi connectivity index (χ4n) is 1.35. The van der Waals surface area contributed by atoms with E-state index in [4.69, 9.17) is 10.00 Å². The van der Waals surface area contributed by atoms with E-state index in [-0.39, 0.29) is 17.2 Å². The zero-order valence-corrected chi connectivity index (χ0v) is 10.1. The summed E-state index contributed by atoms with van der Waals surface area (Å²) in [6, 6.07) is 5.50. The molecule has 0 aromatic heterocycles. The van der Waals surface area contributed by atoms with Gasteiger partial charge in [-0.3, -0.25) is 4.79 Å². The van der Waals surface area contributed by atoms with Gasteiger partial charge in [-0.05, 0) is 26.0 Å². The summed E-state index contributed by atoms with van der Waals surface area (Å²) in [5.41, 5.74) is -0.567. The van der Waals surface area contributed by atoms with Gasteiger partial charge in [-0.15, -0.1) is 0 Å². The molecule has 0 aliphatic rings. The minimum Gasteiger partial charge on any atom is -0.459 e. The third kappa shape index (κ3) is 3.14. The van der Waals surface area contributed by atoms with E-state index in [0.717, 1.165) is 0 Å². The second kappa shape index (κ2) is 5.92. The number of ether oxygens (including phenoxy) is 1. The van der Waals surface area contributed by atoms with E-state index < -0.39 is 24.0 Å². The van der Waals surface area contributed by atoms with Gasteiger partial charge >= 0.3 is 5.97 Å². The molecule has 0 saturated carbocycles. The molecule has 0 aliphatic carbocycles. The van der Waals surface area contributed by atoms with Gasteiger partial charge in [0.1, 0.15) is 5.82 Å². The van der Waals surface area contributed by atoms with Crippen molar-refractivity contribution in [2.75, 3.05) is 0 Å². The third-order valence-corrected chi connectivity index (χ3v) is 2.10. The molecule has 0 radical (unpaired) electrons. The number of carbonyl (C=O) groups excluding carboxylic acids is 2. The fraction of sp³-hybridized carbons (Fsp3) is 0.308. The highest BCUT2D eigenvalue weighted by Crippen LogP contribution is 2.16. The summed E-state index contributed by atoms with van der Waals surface area (Å²) in [5, 5.41) is 8.40. The highest BCUT2D eigenvalue weighted by atomic mass is 19.1. The van der Waals surface area contributed by atoms with Crippen LogP contribution in [0, 0.1) is 17.1 Å². The lowest BCUT2D eigenvalue weighted by atomic mass is 10.0. The summed E-state index contributed by atoms with van der Waals surface area (Å²) in [6.07, 6.45) is -0.810.